The lowest BCUT2D eigenvalue weighted by molar-refractivity contribution is -0.142. The third-order valence-corrected chi connectivity index (χ3v) is 6.00. The number of nitrogens with zero attached hydrogens (tertiary/aromatic N) is 6. The van der Waals surface area contributed by atoms with Gasteiger partial charge in [-0.3, -0.25) is 9.48 Å². The summed E-state index contributed by atoms with van der Waals surface area (Å²) in [6.07, 6.45) is -4.00. The van der Waals surface area contributed by atoms with E-state index >= 15 is 0 Å². The average molecular weight is 472 g/mol. The lowest BCUT2D eigenvalue weighted by Crippen LogP contribution is -2.29. The Hall–Kier alpha value is -3.76. The number of carbonyl (C=O) groups excluding carboxylic acids is 1. The molecule has 1 atom stereocenters. The number of hydrogen-bond acceptors (Lipinski definition) is 4. The highest BCUT2D eigenvalue weighted by Crippen LogP contribution is 2.33. The van der Waals surface area contributed by atoms with Gasteiger partial charge in [0, 0.05) is 37.8 Å². The van der Waals surface area contributed by atoms with E-state index in [0.717, 1.165) is 16.1 Å². The molecule has 3 aromatic heterocycles. The number of carbonyl (C=O) groups is 1. The molecule has 4 aromatic rings. The molecule has 11 heteroatoms. The van der Waals surface area contributed by atoms with E-state index in [4.69, 9.17) is 0 Å². The maximum Gasteiger partial charge on any atom is 0.433 e. The molecule has 176 valence electrons. The highest BCUT2D eigenvalue weighted by atomic mass is 19.4. The van der Waals surface area contributed by atoms with Crippen molar-refractivity contribution in [1.29, 1.82) is 0 Å². The van der Waals surface area contributed by atoms with Crippen molar-refractivity contribution in [2.45, 2.75) is 25.4 Å². The molecule has 0 saturated carbocycles. The van der Waals surface area contributed by atoms with Gasteiger partial charge in [-0.2, -0.15) is 23.4 Å². The highest BCUT2D eigenvalue weighted by molar-refractivity contribution is 5.93. The second-order valence-electron chi connectivity index (χ2n) is 8.40. The van der Waals surface area contributed by atoms with Gasteiger partial charge in [0.2, 0.25) is 0 Å². The molecule has 1 saturated heterocycles. The minimum Gasteiger partial charge on any atom is -0.337 e. The molecule has 0 radical (unpaired) electrons. The maximum atomic E-state index is 13.4. The van der Waals surface area contributed by atoms with Gasteiger partial charge in [0.1, 0.15) is 11.5 Å². The smallest absolute Gasteiger partial charge is 0.337 e. The molecule has 0 aliphatic carbocycles. The van der Waals surface area contributed by atoms with E-state index in [1.807, 2.05) is 0 Å². The lowest BCUT2D eigenvalue weighted by atomic mass is 10.1. The Labute approximate surface area is 191 Å². The molecule has 1 amide bonds. The number of halogens is 4. The maximum absolute atomic E-state index is 13.4. The molecule has 5 rings (SSSR count). The Morgan fingerprint density at radius 2 is 1.82 bits per heavy atom. The highest BCUT2D eigenvalue weighted by Gasteiger charge is 2.36. The molecule has 7 nitrogen and oxygen atoms in total. The monoisotopic (exact) mass is 472 g/mol. The molecule has 4 heterocycles. The summed E-state index contributed by atoms with van der Waals surface area (Å²) in [5.74, 6) is -0.850. The summed E-state index contributed by atoms with van der Waals surface area (Å²) in [5, 5.41) is 8.49. The van der Waals surface area contributed by atoms with Gasteiger partial charge in [-0.1, -0.05) is 0 Å². The molecule has 0 unspecified atom stereocenters. The van der Waals surface area contributed by atoms with Crippen LogP contribution in [0.3, 0.4) is 0 Å². The number of aryl methyl sites for hydroxylation is 2. The van der Waals surface area contributed by atoms with Crippen LogP contribution in [0.15, 0.2) is 42.5 Å². The second kappa shape index (κ2) is 7.93. The zero-order valence-corrected chi connectivity index (χ0v) is 18.3. The number of aromatic nitrogens is 5. The molecule has 1 fully saturated rings. The van der Waals surface area contributed by atoms with Crippen LogP contribution in [0.2, 0.25) is 0 Å². The van der Waals surface area contributed by atoms with E-state index < -0.39 is 11.9 Å². The summed E-state index contributed by atoms with van der Waals surface area (Å²) in [7, 11) is 1.70. The van der Waals surface area contributed by atoms with Gasteiger partial charge in [0.25, 0.3) is 5.91 Å². The summed E-state index contributed by atoms with van der Waals surface area (Å²) in [6.45, 7) is 2.24. The van der Waals surface area contributed by atoms with E-state index in [1.54, 1.807) is 40.9 Å². The van der Waals surface area contributed by atoms with E-state index in [1.165, 1.54) is 19.1 Å². The van der Waals surface area contributed by atoms with Crippen molar-refractivity contribution in [3.63, 3.8) is 0 Å². The number of benzene rings is 1. The third kappa shape index (κ3) is 3.91. The summed E-state index contributed by atoms with van der Waals surface area (Å²) < 4.78 is 56.0. The van der Waals surface area contributed by atoms with Gasteiger partial charge < -0.3 is 4.90 Å². The van der Waals surface area contributed by atoms with Gasteiger partial charge in [0.15, 0.2) is 11.3 Å². The lowest BCUT2D eigenvalue weighted by Gasteiger charge is -2.14. The van der Waals surface area contributed by atoms with Crippen LogP contribution in [0.5, 0.6) is 0 Å². The minimum absolute atomic E-state index is 0.126. The first-order chi connectivity index (χ1) is 16.1. The third-order valence-electron chi connectivity index (χ3n) is 6.00. The SMILES string of the molecule is Cc1cc(C(F)(F)F)n2nc([C@@H]3CCN(C(=O)c4cc(-c5ccc(F)cc5)n(C)n4)C3)cc2n1. The Kier molecular flexibility index (Phi) is 5.14. The summed E-state index contributed by atoms with van der Waals surface area (Å²) in [5.41, 5.74) is 1.60. The van der Waals surface area contributed by atoms with Crippen molar-refractivity contribution in [1.82, 2.24) is 29.3 Å². The van der Waals surface area contributed by atoms with Crippen molar-refractivity contribution in [3.8, 4) is 11.3 Å². The zero-order chi connectivity index (χ0) is 24.2. The summed E-state index contributed by atoms with van der Waals surface area (Å²) >= 11 is 0. The Balaban J connectivity index is 1.37. The predicted octanol–water partition coefficient (Wildman–Crippen LogP) is 4.23. The second-order valence-corrected chi connectivity index (χ2v) is 8.40. The first-order valence-corrected chi connectivity index (χ1v) is 10.6. The zero-order valence-electron chi connectivity index (χ0n) is 18.3. The van der Waals surface area contributed by atoms with Gasteiger partial charge in [0.05, 0.1) is 11.4 Å². The number of amides is 1. The largest absolute Gasteiger partial charge is 0.433 e. The molecule has 0 N–H and O–H groups in total. The van der Waals surface area contributed by atoms with Crippen LogP contribution < -0.4 is 0 Å². The summed E-state index contributed by atoms with van der Waals surface area (Å²) in [4.78, 5) is 18.9. The molecule has 1 aliphatic rings. The fourth-order valence-electron chi connectivity index (χ4n) is 4.33. The first kappa shape index (κ1) is 22.1. The number of likely N-dealkylation sites (tertiary alicyclic amines) is 1. The van der Waals surface area contributed by atoms with Crippen molar-refractivity contribution >= 4 is 11.6 Å². The van der Waals surface area contributed by atoms with Crippen molar-refractivity contribution in [2.24, 2.45) is 7.05 Å². The summed E-state index contributed by atoms with van der Waals surface area (Å²) in [6, 6.07) is 10.1. The van der Waals surface area contributed by atoms with Gasteiger partial charge in [-0.05, 0) is 55.3 Å². The van der Waals surface area contributed by atoms with E-state index in [2.05, 4.69) is 15.2 Å². The van der Waals surface area contributed by atoms with E-state index in [0.29, 0.717) is 30.9 Å². The molecule has 0 bridgehead atoms. The fourth-order valence-corrected chi connectivity index (χ4v) is 4.33. The number of alkyl halides is 3. The van der Waals surface area contributed by atoms with Crippen LogP contribution in [0.25, 0.3) is 16.9 Å². The Morgan fingerprint density at radius 1 is 1.09 bits per heavy atom. The average Bonchev–Trinajstić information content (AvgIpc) is 3.50. The number of rotatable bonds is 3. The Bertz CT molecular complexity index is 1390. The molecule has 1 aromatic carbocycles. The quantitative estimate of drug-likeness (QED) is 0.419. The van der Waals surface area contributed by atoms with Crippen LogP contribution in [0, 0.1) is 12.7 Å². The number of hydrogen-bond donors (Lipinski definition) is 0. The predicted molar refractivity (Wildman–Crippen MR) is 115 cm³/mol. The topological polar surface area (TPSA) is 68.3 Å². The van der Waals surface area contributed by atoms with Crippen molar-refractivity contribution < 1.29 is 22.4 Å². The van der Waals surface area contributed by atoms with Crippen LogP contribution in [0.1, 0.15) is 39.9 Å². The van der Waals surface area contributed by atoms with Gasteiger partial charge >= 0.3 is 6.18 Å². The van der Waals surface area contributed by atoms with Gasteiger partial charge in [-0.15, -0.1) is 0 Å². The standard InChI is InChI=1S/C23H20F4N6O/c1-13-9-20(23(25,26)27)33-21(28-13)11-17(30-33)15-7-8-32(12-15)22(34)18-10-19(31(2)29-18)14-3-5-16(24)6-4-14/h3-6,9-11,15H,7-8,12H2,1-2H3/t15-/m1/s1. The Morgan fingerprint density at radius 3 is 2.53 bits per heavy atom. The molecule has 0 spiro atoms. The minimum atomic E-state index is -4.56. The van der Waals surface area contributed by atoms with Crippen LogP contribution >= 0.6 is 0 Å². The van der Waals surface area contributed by atoms with Crippen LogP contribution in [-0.4, -0.2) is 48.3 Å². The fraction of sp³-hybridized carbons (Fsp3) is 0.304. The normalized spacial score (nSPS) is 16.5. The van der Waals surface area contributed by atoms with Crippen LogP contribution in [0.4, 0.5) is 17.6 Å². The molecule has 34 heavy (non-hydrogen) atoms. The molecule has 1 aliphatic heterocycles. The first-order valence-electron chi connectivity index (χ1n) is 10.6. The van der Waals surface area contributed by atoms with E-state index in [-0.39, 0.29) is 34.7 Å². The van der Waals surface area contributed by atoms with E-state index in [9.17, 15) is 22.4 Å². The molecular weight excluding hydrogens is 452 g/mol. The molecular formula is C23H20F4N6O. The van der Waals surface area contributed by atoms with Crippen molar-refractivity contribution in [2.75, 3.05) is 13.1 Å². The van der Waals surface area contributed by atoms with Gasteiger partial charge in [-0.25, -0.2) is 13.9 Å². The van der Waals surface area contributed by atoms with Crippen LogP contribution in [-0.2, 0) is 13.2 Å². The van der Waals surface area contributed by atoms with Crippen molar-refractivity contribution in [3.05, 3.63) is 71.1 Å². The number of fused-ring (bicyclic) bond motifs is 1.